The minimum Gasteiger partial charge on any atom is -0.508 e. The Bertz CT molecular complexity index is 978. The van der Waals surface area contributed by atoms with Gasteiger partial charge in [0.1, 0.15) is 11.5 Å². The minimum absolute atomic E-state index is 0.0731. The van der Waals surface area contributed by atoms with Gasteiger partial charge in [-0.1, -0.05) is 48.0 Å². The van der Waals surface area contributed by atoms with Gasteiger partial charge in [0.25, 0.3) is 11.8 Å². The van der Waals surface area contributed by atoms with E-state index in [1.807, 2.05) is 0 Å². The Balaban J connectivity index is 1.69. The molecule has 2 amide bonds. The van der Waals surface area contributed by atoms with E-state index in [9.17, 15) is 19.8 Å². The van der Waals surface area contributed by atoms with Gasteiger partial charge in [-0.2, -0.15) is 0 Å². The maximum atomic E-state index is 13.0. The summed E-state index contributed by atoms with van der Waals surface area (Å²) in [5.41, 5.74) is 1.01. The number of benzene rings is 2. The highest BCUT2D eigenvalue weighted by atomic mass is 32.2. The summed E-state index contributed by atoms with van der Waals surface area (Å²) in [6, 6.07) is 12.1. The van der Waals surface area contributed by atoms with Crippen molar-refractivity contribution >= 4 is 79.8 Å². The first-order chi connectivity index (χ1) is 13.4. The van der Waals surface area contributed by atoms with E-state index < -0.39 is 11.8 Å². The van der Waals surface area contributed by atoms with Gasteiger partial charge in [-0.15, -0.1) is 0 Å². The van der Waals surface area contributed by atoms with Crippen LogP contribution in [0.3, 0.4) is 0 Å². The van der Waals surface area contributed by atoms with Crippen molar-refractivity contribution in [1.29, 1.82) is 0 Å². The average molecular weight is 447 g/mol. The Labute approximate surface area is 178 Å². The summed E-state index contributed by atoms with van der Waals surface area (Å²) in [4.78, 5) is 29.0. The summed E-state index contributed by atoms with van der Waals surface area (Å²) < 4.78 is 0.584. The fourth-order valence-electron chi connectivity index (χ4n) is 2.66. The summed E-state index contributed by atoms with van der Waals surface area (Å²) in [7, 11) is 0. The molecule has 2 fully saturated rings. The molecule has 6 nitrogen and oxygen atoms in total. The summed E-state index contributed by atoms with van der Waals surface area (Å²) in [6.45, 7) is 0. The highest BCUT2D eigenvalue weighted by Crippen LogP contribution is 2.44. The fourth-order valence-corrected chi connectivity index (χ4v) is 5.41. The first-order valence-corrected chi connectivity index (χ1v) is 10.3. The third-order valence-corrected chi connectivity index (χ3v) is 6.84. The molecule has 2 N–H and O–H groups in total. The number of phenolic OH excluding ortho intramolecular Hbond substituents is 2. The van der Waals surface area contributed by atoms with Crippen LogP contribution in [0.15, 0.2) is 58.3 Å². The van der Waals surface area contributed by atoms with Crippen molar-refractivity contribution in [3.05, 3.63) is 58.3 Å². The van der Waals surface area contributed by atoms with Gasteiger partial charge in [-0.05, 0) is 48.5 Å². The zero-order valence-electron chi connectivity index (χ0n) is 13.9. The van der Waals surface area contributed by atoms with Crippen LogP contribution in [0.25, 0.3) is 0 Å². The van der Waals surface area contributed by atoms with Crippen LogP contribution in [0.4, 0.5) is 11.4 Å². The van der Waals surface area contributed by atoms with E-state index in [-0.39, 0.29) is 21.3 Å². The number of rotatable bonds is 2. The molecule has 0 atom stereocenters. The second kappa shape index (κ2) is 7.21. The molecule has 28 heavy (non-hydrogen) atoms. The Hall–Kier alpha value is -2.40. The van der Waals surface area contributed by atoms with Gasteiger partial charge in [-0.25, -0.2) is 0 Å². The van der Waals surface area contributed by atoms with Crippen molar-refractivity contribution in [3.8, 4) is 11.5 Å². The molecule has 2 heterocycles. The molecule has 2 aromatic rings. The zero-order chi connectivity index (χ0) is 20.0. The lowest BCUT2D eigenvalue weighted by molar-refractivity contribution is -0.115. The molecule has 2 aliphatic heterocycles. The average Bonchev–Trinajstić information content (AvgIpc) is 3.12. The smallest absolute Gasteiger partial charge is 0.272 e. The van der Waals surface area contributed by atoms with Crippen molar-refractivity contribution in [1.82, 2.24) is 0 Å². The maximum absolute atomic E-state index is 13.0. The van der Waals surface area contributed by atoms with E-state index in [1.165, 1.54) is 34.1 Å². The standard InChI is InChI=1S/C18H10N2O4S4/c21-11-5-1-9(2-6-11)19-15(23)13(27-17(19)25)14-16(24)20(18(26)28-14)10-3-7-12(22)8-4-10/h1-8,21-22H/b14-13+. The number of amides is 2. The quantitative estimate of drug-likeness (QED) is 0.533. The topological polar surface area (TPSA) is 81.1 Å². The second-order valence-electron chi connectivity index (χ2n) is 5.71. The normalized spacial score (nSPS) is 19.9. The van der Waals surface area contributed by atoms with E-state index in [0.717, 1.165) is 23.5 Å². The summed E-state index contributed by atoms with van der Waals surface area (Å²) in [5, 5.41) is 18.9. The Kier molecular flexibility index (Phi) is 4.88. The number of anilines is 2. The lowest BCUT2D eigenvalue weighted by Gasteiger charge is -2.15. The van der Waals surface area contributed by atoms with Gasteiger partial charge in [-0.3, -0.25) is 19.4 Å². The molecule has 0 saturated carbocycles. The SMILES string of the molecule is O=C1/C(=C2\SC(=S)N(c3ccc(O)cc3)C2=O)SC(=S)N1c1ccc(O)cc1. The Morgan fingerprint density at radius 3 is 1.29 bits per heavy atom. The van der Waals surface area contributed by atoms with Crippen molar-refractivity contribution in [2.45, 2.75) is 0 Å². The molecule has 0 unspecified atom stereocenters. The Morgan fingerprint density at radius 2 is 0.964 bits per heavy atom. The first kappa shape index (κ1) is 18.9. The van der Waals surface area contributed by atoms with Gasteiger partial charge in [0.2, 0.25) is 0 Å². The van der Waals surface area contributed by atoms with Gasteiger partial charge in [0.15, 0.2) is 8.64 Å². The van der Waals surface area contributed by atoms with E-state index in [0.29, 0.717) is 20.0 Å². The highest BCUT2D eigenvalue weighted by Gasteiger charge is 2.43. The molecule has 140 valence electrons. The van der Waals surface area contributed by atoms with Crippen LogP contribution in [0.2, 0.25) is 0 Å². The van der Waals surface area contributed by atoms with Gasteiger partial charge in [0.05, 0.1) is 21.2 Å². The van der Waals surface area contributed by atoms with Crippen molar-refractivity contribution in [2.75, 3.05) is 9.80 Å². The summed E-state index contributed by atoms with van der Waals surface area (Å²) in [6.07, 6.45) is 0. The molecule has 0 aliphatic carbocycles. The molecule has 4 rings (SSSR count). The van der Waals surface area contributed by atoms with Gasteiger partial charge >= 0.3 is 0 Å². The van der Waals surface area contributed by atoms with E-state index >= 15 is 0 Å². The molecule has 0 bridgehead atoms. The van der Waals surface area contributed by atoms with Gasteiger partial charge < -0.3 is 10.2 Å². The molecule has 2 aromatic carbocycles. The van der Waals surface area contributed by atoms with Crippen LogP contribution in [-0.4, -0.2) is 30.7 Å². The largest absolute Gasteiger partial charge is 0.508 e. The van der Waals surface area contributed by atoms with Crippen LogP contribution >= 0.6 is 48.0 Å². The van der Waals surface area contributed by atoms with Crippen molar-refractivity contribution in [2.24, 2.45) is 0 Å². The van der Waals surface area contributed by atoms with Crippen molar-refractivity contribution in [3.63, 3.8) is 0 Å². The third-order valence-electron chi connectivity index (χ3n) is 3.96. The van der Waals surface area contributed by atoms with Crippen LogP contribution in [-0.2, 0) is 9.59 Å². The number of carbonyl (C=O) groups is 2. The predicted molar refractivity (Wildman–Crippen MR) is 119 cm³/mol. The number of aromatic hydroxyl groups is 2. The predicted octanol–water partition coefficient (Wildman–Crippen LogP) is 3.74. The number of phenols is 2. The lowest BCUT2D eigenvalue weighted by Crippen LogP contribution is -2.29. The fraction of sp³-hybridized carbons (Fsp3) is 0. The van der Waals surface area contributed by atoms with Gasteiger partial charge in [0, 0.05) is 0 Å². The van der Waals surface area contributed by atoms with Crippen molar-refractivity contribution < 1.29 is 19.8 Å². The maximum Gasteiger partial charge on any atom is 0.272 e. The number of thiocarbonyl (C=S) groups is 2. The molecule has 2 saturated heterocycles. The number of thioether (sulfide) groups is 2. The minimum atomic E-state index is -0.410. The summed E-state index contributed by atoms with van der Waals surface area (Å²) >= 11 is 12.7. The summed E-state index contributed by atoms with van der Waals surface area (Å²) in [5.74, 6) is -0.674. The molecule has 0 spiro atoms. The highest BCUT2D eigenvalue weighted by molar-refractivity contribution is 8.30. The second-order valence-corrected chi connectivity index (χ2v) is 9.00. The molecular formula is C18H10N2O4S4. The van der Waals surface area contributed by atoms with Crippen LogP contribution in [0, 0.1) is 0 Å². The molecule has 10 heteroatoms. The molecule has 0 radical (unpaired) electrons. The third kappa shape index (κ3) is 3.18. The first-order valence-electron chi connectivity index (χ1n) is 7.81. The number of carbonyl (C=O) groups excluding carboxylic acids is 2. The Morgan fingerprint density at radius 1 is 0.643 bits per heavy atom. The zero-order valence-corrected chi connectivity index (χ0v) is 17.1. The van der Waals surface area contributed by atoms with Crippen LogP contribution < -0.4 is 9.80 Å². The van der Waals surface area contributed by atoms with E-state index in [1.54, 1.807) is 24.3 Å². The van der Waals surface area contributed by atoms with Crippen LogP contribution in [0.5, 0.6) is 11.5 Å². The van der Waals surface area contributed by atoms with E-state index in [4.69, 9.17) is 24.4 Å². The monoisotopic (exact) mass is 446 g/mol. The van der Waals surface area contributed by atoms with E-state index in [2.05, 4.69) is 0 Å². The molecule has 0 aromatic heterocycles. The number of hydrogen-bond donors (Lipinski definition) is 2. The molecular weight excluding hydrogens is 436 g/mol. The number of hydrogen-bond acceptors (Lipinski definition) is 8. The lowest BCUT2D eigenvalue weighted by atomic mass is 10.2. The van der Waals surface area contributed by atoms with Crippen LogP contribution in [0.1, 0.15) is 0 Å². The number of nitrogens with zero attached hydrogens (tertiary/aromatic N) is 2. The molecule has 2 aliphatic rings.